The molecule has 18 heavy (non-hydrogen) atoms. The minimum Gasteiger partial charge on any atom is -0.379 e. The molecule has 0 saturated heterocycles. The van der Waals surface area contributed by atoms with Crippen LogP contribution in [-0.2, 0) is 13.3 Å². The zero-order valence-electron chi connectivity index (χ0n) is 12.7. The summed E-state index contributed by atoms with van der Waals surface area (Å²) in [5, 5.41) is 0. The third kappa shape index (κ3) is 11.2. The highest BCUT2D eigenvalue weighted by Gasteiger charge is 2.05. The topological polar surface area (TPSA) is 27.7 Å². The van der Waals surface area contributed by atoms with E-state index in [4.69, 9.17) is 13.3 Å². The Morgan fingerprint density at radius 2 is 1.00 bits per heavy atom. The summed E-state index contributed by atoms with van der Waals surface area (Å²) in [4.78, 5) is 0. The van der Waals surface area contributed by atoms with Gasteiger partial charge in [0.05, 0.1) is 0 Å². The zero-order chi connectivity index (χ0) is 13.6. The van der Waals surface area contributed by atoms with Gasteiger partial charge in [-0.25, -0.2) is 0 Å². The fourth-order valence-electron chi connectivity index (χ4n) is 2.30. The van der Waals surface area contributed by atoms with Crippen LogP contribution in [0.1, 0.15) is 64.7 Å². The van der Waals surface area contributed by atoms with Gasteiger partial charge in [0.2, 0.25) is 0 Å². The van der Waals surface area contributed by atoms with Crippen molar-refractivity contribution < 1.29 is 13.3 Å². The highest BCUT2D eigenvalue weighted by molar-refractivity contribution is 6.36. The largest absolute Gasteiger partial charge is 0.483 e. The number of hydrogen-bond acceptors (Lipinski definition) is 3. The van der Waals surface area contributed by atoms with Crippen LogP contribution in [0.25, 0.3) is 0 Å². The Morgan fingerprint density at radius 3 is 1.28 bits per heavy atom. The Hall–Kier alpha value is 0.0969. The monoisotopic (exact) mass is 276 g/mol. The molecule has 0 aromatic rings. The fourth-order valence-corrected chi connectivity index (χ4v) is 2.88. The minimum atomic E-state index is -1.67. The Balaban J connectivity index is 0.000000360. The third-order valence-corrected chi connectivity index (χ3v) is 4.63. The molecule has 0 aromatic carbocycles. The van der Waals surface area contributed by atoms with Crippen LogP contribution in [-0.4, -0.2) is 30.9 Å². The normalized spacial score (nSPS) is 19.2. The van der Waals surface area contributed by atoms with Crippen LogP contribution >= 0.6 is 0 Å². The van der Waals surface area contributed by atoms with Gasteiger partial charge < -0.3 is 13.3 Å². The van der Waals surface area contributed by atoms with Gasteiger partial charge in [-0.15, -0.1) is 0 Å². The predicted molar refractivity (Wildman–Crippen MR) is 78.9 cm³/mol. The molecule has 0 atom stereocenters. The lowest BCUT2D eigenvalue weighted by Gasteiger charge is -2.12. The molecule has 0 aromatic heterocycles. The van der Waals surface area contributed by atoms with Crippen molar-refractivity contribution in [1.82, 2.24) is 0 Å². The Bertz CT molecular complexity index is 148. The Morgan fingerprint density at radius 1 is 0.667 bits per heavy atom. The molecule has 0 aliphatic heterocycles. The van der Waals surface area contributed by atoms with E-state index < -0.39 is 9.53 Å². The molecule has 1 fully saturated rings. The standard InChI is InChI=1S/C11H22.C3H10O3Si/c1-11-9-7-5-3-2-4-6-8-10-11;1-4-7(5-2)6-3/h11H,2-10H2,1H3;7H,1-3H3. The average molecular weight is 276 g/mol. The van der Waals surface area contributed by atoms with Crippen LogP contribution in [0.15, 0.2) is 0 Å². The van der Waals surface area contributed by atoms with Crippen LogP contribution in [0, 0.1) is 5.92 Å². The summed E-state index contributed by atoms with van der Waals surface area (Å²) in [6, 6.07) is 0. The summed E-state index contributed by atoms with van der Waals surface area (Å²) in [7, 11) is 3.05. The van der Waals surface area contributed by atoms with Crippen LogP contribution in [0.4, 0.5) is 0 Å². The number of hydrogen-bond donors (Lipinski definition) is 0. The van der Waals surface area contributed by atoms with Crippen molar-refractivity contribution >= 4 is 9.53 Å². The maximum absolute atomic E-state index is 4.74. The van der Waals surface area contributed by atoms with Gasteiger partial charge in [0, 0.05) is 21.3 Å². The SMILES string of the molecule is CC1CCCCCCCCC1.CO[SiH](OC)OC. The van der Waals surface area contributed by atoms with E-state index in [0.717, 1.165) is 5.92 Å². The van der Waals surface area contributed by atoms with Gasteiger partial charge in [0.15, 0.2) is 0 Å². The lowest BCUT2D eigenvalue weighted by atomic mass is 9.94. The molecule has 3 nitrogen and oxygen atoms in total. The second kappa shape index (κ2) is 13.5. The molecule has 1 aliphatic carbocycles. The highest BCUT2D eigenvalue weighted by atomic mass is 28.3. The molecule has 0 N–H and O–H groups in total. The molecule has 1 rings (SSSR count). The van der Waals surface area contributed by atoms with Gasteiger partial charge in [-0.2, -0.15) is 0 Å². The second-order valence-electron chi connectivity index (χ2n) is 5.15. The molecule has 0 unspecified atom stereocenters. The fraction of sp³-hybridized carbons (Fsp3) is 1.00. The van der Waals surface area contributed by atoms with Crippen molar-refractivity contribution in [2.24, 2.45) is 5.92 Å². The van der Waals surface area contributed by atoms with E-state index in [9.17, 15) is 0 Å². The molecular weight excluding hydrogens is 244 g/mol. The number of rotatable bonds is 3. The van der Waals surface area contributed by atoms with E-state index in [2.05, 4.69) is 6.92 Å². The van der Waals surface area contributed by atoms with E-state index in [-0.39, 0.29) is 0 Å². The first-order valence-corrected chi connectivity index (χ1v) is 8.74. The lowest BCUT2D eigenvalue weighted by molar-refractivity contribution is 0.163. The molecule has 1 saturated carbocycles. The Labute approximate surface area is 115 Å². The van der Waals surface area contributed by atoms with E-state index in [0.29, 0.717) is 0 Å². The smallest absolute Gasteiger partial charge is 0.379 e. The lowest BCUT2D eigenvalue weighted by Crippen LogP contribution is -2.21. The Kier molecular flexibility index (Phi) is 13.6. The minimum absolute atomic E-state index is 1.01. The zero-order valence-corrected chi connectivity index (χ0v) is 13.9. The van der Waals surface area contributed by atoms with Crippen molar-refractivity contribution in [2.75, 3.05) is 21.3 Å². The van der Waals surface area contributed by atoms with Crippen molar-refractivity contribution in [3.8, 4) is 0 Å². The molecule has 0 heterocycles. The molecule has 0 bridgehead atoms. The summed E-state index contributed by atoms with van der Waals surface area (Å²) in [6.45, 7) is 2.42. The molecule has 0 amide bonds. The van der Waals surface area contributed by atoms with Crippen molar-refractivity contribution in [3.05, 3.63) is 0 Å². The maximum atomic E-state index is 4.74. The summed E-state index contributed by atoms with van der Waals surface area (Å²) in [5.74, 6) is 1.01. The second-order valence-corrected chi connectivity index (χ2v) is 7.14. The van der Waals surface area contributed by atoms with Gasteiger partial charge >= 0.3 is 9.53 Å². The van der Waals surface area contributed by atoms with Crippen molar-refractivity contribution in [1.29, 1.82) is 0 Å². The quantitative estimate of drug-likeness (QED) is 0.734. The van der Waals surface area contributed by atoms with Gasteiger partial charge in [0.25, 0.3) is 0 Å². The molecule has 0 spiro atoms. The van der Waals surface area contributed by atoms with Gasteiger partial charge in [0.1, 0.15) is 0 Å². The molecule has 1 aliphatic rings. The third-order valence-electron chi connectivity index (χ3n) is 3.47. The van der Waals surface area contributed by atoms with Gasteiger partial charge in [-0.3, -0.25) is 0 Å². The van der Waals surface area contributed by atoms with Crippen LogP contribution < -0.4 is 0 Å². The van der Waals surface area contributed by atoms with Crippen molar-refractivity contribution in [2.45, 2.75) is 64.7 Å². The molecular formula is C14H32O3Si. The van der Waals surface area contributed by atoms with Crippen molar-refractivity contribution in [3.63, 3.8) is 0 Å². The van der Waals surface area contributed by atoms with Crippen LogP contribution in [0.5, 0.6) is 0 Å². The predicted octanol–water partition coefficient (Wildman–Crippen LogP) is 3.79. The van der Waals surface area contributed by atoms with E-state index >= 15 is 0 Å². The van der Waals surface area contributed by atoms with E-state index in [1.54, 1.807) is 21.3 Å². The van der Waals surface area contributed by atoms with Crippen LogP contribution in [0.2, 0.25) is 0 Å². The van der Waals surface area contributed by atoms with E-state index in [1.807, 2.05) is 0 Å². The van der Waals surface area contributed by atoms with E-state index in [1.165, 1.54) is 57.8 Å². The summed E-state index contributed by atoms with van der Waals surface area (Å²) in [6.07, 6.45) is 13.4. The molecule has 0 radical (unpaired) electrons. The first-order chi connectivity index (χ1) is 8.74. The summed E-state index contributed by atoms with van der Waals surface area (Å²) < 4.78 is 14.2. The van der Waals surface area contributed by atoms with Gasteiger partial charge in [-0.05, 0) is 5.92 Å². The first-order valence-electron chi connectivity index (χ1n) is 7.33. The summed E-state index contributed by atoms with van der Waals surface area (Å²) in [5.41, 5.74) is 0. The van der Waals surface area contributed by atoms with Gasteiger partial charge in [-0.1, -0.05) is 64.7 Å². The first kappa shape index (κ1) is 18.1. The molecule has 4 heteroatoms. The summed E-state index contributed by atoms with van der Waals surface area (Å²) >= 11 is 0. The highest BCUT2D eigenvalue weighted by Crippen LogP contribution is 2.20. The maximum Gasteiger partial charge on any atom is 0.483 e. The molecule has 110 valence electrons. The average Bonchev–Trinajstić information content (AvgIpc) is 2.40. The van der Waals surface area contributed by atoms with Crippen LogP contribution in [0.3, 0.4) is 0 Å².